The van der Waals surface area contributed by atoms with E-state index in [-0.39, 0.29) is 22.9 Å². The predicted octanol–water partition coefficient (Wildman–Crippen LogP) is 1.38. The van der Waals surface area contributed by atoms with Crippen LogP contribution in [-0.4, -0.2) is 32.1 Å². The lowest BCUT2D eigenvalue weighted by Crippen LogP contribution is -2.19. The number of benzene rings is 1. The molecule has 4 N–H and O–H groups in total. The molecule has 0 aliphatic heterocycles. The minimum atomic E-state index is -1.51. The number of nitrogens with two attached hydrogens (primary N) is 1. The third kappa shape index (κ3) is 4.66. The maximum absolute atomic E-state index is 13.5. The van der Waals surface area contributed by atoms with Gasteiger partial charge in [0.1, 0.15) is 11.8 Å². The summed E-state index contributed by atoms with van der Waals surface area (Å²) in [5.41, 5.74) is 3.80. The van der Waals surface area contributed by atoms with E-state index in [4.69, 9.17) is 5.73 Å². The van der Waals surface area contributed by atoms with Gasteiger partial charge >= 0.3 is 0 Å². The maximum Gasteiger partial charge on any atom is 0.295 e. The smallest absolute Gasteiger partial charge is 0.295 e. The highest BCUT2D eigenvalue weighted by Crippen LogP contribution is 2.30. The molecule has 0 aliphatic carbocycles. The Morgan fingerprint density at radius 3 is 2.67 bits per heavy atom. The molecule has 1 rings (SSSR count). The number of nitrogen functional groups attached to an aromatic ring is 1. The van der Waals surface area contributed by atoms with Gasteiger partial charge < -0.3 is 15.9 Å². The van der Waals surface area contributed by atoms with Crippen LogP contribution in [0.1, 0.15) is 25.0 Å². The van der Waals surface area contributed by atoms with Crippen molar-refractivity contribution in [1.82, 2.24) is 0 Å². The second-order valence-electron chi connectivity index (χ2n) is 4.33. The lowest BCUT2D eigenvalue weighted by atomic mass is 10.0. The van der Waals surface area contributed by atoms with Crippen molar-refractivity contribution in [2.24, 2.45) is 0 Å². The number of carbonyl (C=O) groups excluding carboxylic acids is 1. The van der Waals surface area contributed by atoms with Crippen LogP contribution in [0, 0.1) is 15.9 Å². The van der Waals surface area contributed by atoms with Crippen LogP contribution in [-0.2, 0) is 4.79 Å². The molecule has 0 bridgehead atoms. The van der Waals surface area contributed by atoms with Gasteiger partial charge in [-0.05, 0) is 18.1 Å². The molecule has 0 amide bonds. The van der Waals surface area contributed by atoms with Gasteiger partial charge in [0.15, 0.2) is 10.9 Å². The maximum atomic E-state index is 13.5. The molecule has 0 spiro atoms. The average Bonchev–Trinajstić information content (AvgIpc) is 2.39. The van der Waals surface area contributed by atoms with Crippen LogP contribution in [0.3, 0.4) is 0 Å². The Hall–Kier alpha value is -1.71. The van der Waals surface area contributed by atoms with E-state index in [1.165, 1.54) is 6.92 Å². The number of hydrogen-bond acceptors (Lipinski definition) is 7. The molecule has 7 nitrogen and oxygen atoms in total. The van der Waals surface area contributed by atoms with Gasteiger partial charge in [0.05, 0.1) is 11.0 Å². The molecule has 116 valence electrons. The molecule has 0 saturated carbocycles. The molecular formula is C12H15FN2O5S. The third-order valence-electron chi connectivity index (χ3n) is 2.75. The Morgan fingerprint density at radius 1 is 1.52 bits per heavy atom. The van der Waals surface area contributed by atoms with Crippen LogP contribution >= 0.6 is 11.8 Å². The number of hydrogen-bond donors (Lipinski definition) is 3. The summed E-state index contributed by atoms with van der Waals surface area (Å²) in [6, 6.07) is 1.76. The Bertz CT molecular complexity index is 555. The molecule has 21 heavy (non-hydrogen) atoms. The van der Waals surface area contributed by atoms with Gasteiger partial charge in [0.2, 0.25) is 0 Å². The predicted molar refractivity (Wildman–Crippen MR) is 76.2 cm³/mol. The molecule has 0 fully saturated rings. The SMILES string of the molecule is CC(=O)SCCC(O)C(O)c1cc(F)c(N)c([N+](=O)[O-])c1. The first-order valence-corrected chi connectivity index (χ1v) is 6.95. The van der Waals surface area contributed by atoms with Crippen molar-refractivity contribution < 1.29 is 24.3 Å². The molecule has 0 aromatic heterocycles. The van der Waals surface area contributed by atoms with E-state index < -0.39 is 34.3 Å². The molecule has 0 heterocycles. The lowest BCUT2D eigenvalue weighted by molar-refractivity contribution is -0.384. The monoisotopic (exact) mass is 318 g/mol. The van der Waals surface area contributed by atoms with Crippen LogP contribution in [0.15, 0.2) is 12.1 Å². The van der Waals surface area contributed by atoms with Gasteiger partial charge in [-0.25, -0.2) is 4.39 Å². The standard InChI is InChI=1S/C12H15FN2O5S/c1-6(16)21-3-2-10(17)12(18)7-4-8(13)11(14)9(5-7)15(19)20/h4-5,10,12,17-18H,2-3,14H2,1H3. The summed E-state index contributed by atoms with van der Waals surface area (Å²) in [5.74, 6) is -0.767. The number of rotatable bonds is 6. The minimum absolute atomic E-state index is 0.0746. The number of anilines is 1. The topological polar surface area (TPSA) is 127 Å². The summed E-state index contributed by atoms with van der Waals surface area (Å²) in [6.45, 7) is 1.37. The number of nitrogens with zero attached hydrogens (tertiary/aromatic N) is 1. The zero-order chi connectivity index (χ0) is 16.2. The highest BCUT2D eigenvalue weighted by Gasteiger charge is 2.24. The fourth-order valence-electron chi connectivity index (χ4n) is 1.65. The molecule has 0 radical (unpaired) electrons. The van der Waals surface area contributed by atoms with Gasteiger partial charge in [0, 0.05) is 18.7 Å². The largest absolute Gasteiger partial charge is 0.391 e. The summed E-state index contributed by atoms with van der Waals surface area (Å²) in [4.78, 5) is 20.6. The van der Waals surface area contributed by atoms with E-state index in [2.05, 4.69) is 0 Å². The van der Waals surface area contributed by atoms with Crippen molar-refractivity contribution in [3.63, 3.8) is 0 Å². The summed E-state index contributed by atoms with van der Waals surface area (Å²) in [7, 11) is 0. The number of aliphatic hydroxyl groups is 2. The molecule has 1 aromatic rings. The fourth-order valence-corrected chi connectivity index (χ4v) is 2.30. The normalized spacial score (nSPS) is 13.7. The second-order valence-corrected chi connectivity index (χ2v) is 5.61. The first-order chi connectivity index (χ1) is 9.73. The summed E-state index contributed by atoms with van der Waals surface area (Å²) in [5, 5.41) is 30.3. The van der Waals surface area contributed by atoms with Crippen molar-refractivity contribution in [3.8, 4) is 0 Å². The summed E-state index contributed by atoms with van der Waals surface area (Å²) >= 11 is 0.974. The number of carbonyl (C=O) groups is 1. The van der Waals surface area contributed by atoms with Gasteiger partial charge in [-0.1, -0.05) is 11.8 Å². The zero-order valence-electron chi connectivity index (χ0n) is 11.2. The molecule has 9 heteroatoms. The van der Waals surface area contributed by atoms with Crippen LogP contribution in [0.2, 0.25) is 0 Å². The van der Waals surface area contributed by atoms with E-state index in [9.17, 15) is 29.5 Å². The fraction of sp³-hybridized carbons (Fsp3) is 0.417. The van der Waals surface area contributed by atoms with E-state index in [0.29, 0.717) is 0 Å². The van der Waals surface area contributed by atoms with E-state index in [1.54, 1.807) is 0 Å². The second kappa shape index (κ2) is 7.34. The Labute approximate surface area is 124 Å². The van der Waals surface area contributed by atoms with Crippen molar-refractivity contribution in [2.75, 3.05) is 11.5 Å². The van der Waals surface area contributed by atoms with Crippen molar-refractivity contribution in [3.05, 3.63) is 33.6 Å². The number of nitro groups is 1. The number of halogens is 1. The molecule has 0 saturated heterocycles. The van der Waals surface area contributed by atoms with Crippen LogP contribution in [0.4, 0.5) is 15.8 Å². The number of aliphatic hydroxyl groups excluding tert-OH is 2. The first-order valence-electron chi connectivity index (χ1n) is 5.96. The van der Waals surface area contributed by atoms with Gasteiger partial charge in [0.25, 0.3) is 5.69 Å². The van der Waals surface area contributed by atoms with Crippen LogP contribution in [0.5, 0.6) is 0 Å². The van der Waals surface area contributed by atoms with Crippen molar-refractivity contribution in [2.45, 2.75) is 25.6 Å². The Morgan fingerprint density at radius 2 is 2.14 bits per heavy atom. The Kier molecular flexibility index (Phi) is 6.06. The van der Waals surface area contributed by atoms with Crippen LogP contribution in [0.25, 0.3) is 0 Å². The van der Waals surface area contributed by atoms with E-state index >= 15 is 0 Å². The van der Waals surface area contributed by atoms with Crippen LogP contribution < -0.4 is 5.73 Å². The van der Waals surface area contributed by atoms with Crippen molar-refractivity contribution in [1.29, 1.82) is 0 Å². The molecule has 2 unspecified atom stereocenters. The molecule has 2 atom stereocenters. The van der Waals surface area contributed by atoms with E-state index in [1.807, 2.05) is 0 Å². The quantitative estimate of drug-likeness (QED) is 0.411. The summed E-state index contributed by atoms with van der Waals surface area (Å²) in [6.07, 6.45) is -2.71. The number of thioether (sulfide) groups is 1. The lowest BCUT2D eigenvalue weighted by Gasteiger charge is -2.18. The highest BCUT2D eigenvalue weighted by atomic mass is 32.2. The summed E-state index contributed by atoms with van der Waals surface area (Å²) < 4.78 is 13.5. The Balaban J connectivity index is 2.89. The zero-order valence-corrected chi connectivity index (χ0v) is 12.0. The van der Waals surface area contributed by atoms with E-state index in [0.717, 1.165) is 23.9 Å². The average molecular weight is 318 g/mol. The minimum Gasteiger partial charge on any atom is -0.391 e. The van der Waals surface area contributed by atoms with Crippen molar-refractivity contribution >= 4 is 28.3 Å². The number of nitro benzene ring substituents is 1. The molecule has 1 aromatic carbocycles. The van der Waals surface area contributed by atoms with Gasteiger partial charge in [-0.3, -0.25) is 14.9 Å². The third-order valence-corrected chi connectivity index (χ3v) is 3.60. The van der Waals surface area contributed by atoms with Gasteiger partial charge in [-0.2, -0.15) is 0 Å². The van der Waals surface area contributed by atoms with Gasteiger partial charge in [-0.15, -0.1) is 0 Å². The molecular weight excluding hydrogens is 303 g/mol. The highest BCUT2D eigenvalue weighted by molar-refractivity contribution is 8.13. The molecule has 0 aliphatic rings. The first kappa shape index (κ1) is 17.3.